The molecular formula is C15H22BN6-. The monoisotopic (exact) mass is 297 g/mol. The molecule has 0 N–H and O–H groups in total. The Morgan fingerprint density at radius 1 is 0.591 bits per heavy atom. The molecule has 0 saturated heterocycles. The third-order valence-electron chi connectivity index (χ3n) is 4.11. The van der Waals surface area contributed by atoms with E-state index in [0.29, 0.717) is 0 Å². The summed E-state index contributed by atoms with van der Waals surface area (Å²) in [4.78, 5) is 0. The van der Waals surface area contributed by atoms with Gasteiger partial charge in [0, 0.05) is 0 Å². The van der Waals surface area contributed by atoms with Gasteiger partial charge in [0.2, 0.25) is 0 Å². The first-order valence-electron chi connectivity index (χ1n) is 7.62. The molecule has 0 aliphatic heterocycles. The zero-order valence-electron chi connectivity index (χ0n) is 14.1. The molecule has 0 aromatic carbocycles. The van der Waals surface area contributed by atoms with Crippen molar-refractivity contribution < 1.29 is 0 Å². The lowest BCUT2D eigenvalue weighted by atomic mass is 9.93. The fourth-order valence-electron chi connectivity index (χ4n) is 3.26. The van der Waals surface area contributed by atoms with Gasteiger partial charge in [-0.05, 0) is 76.8 Å². The standard InChI is InChI=1S/C15H22BN6/c1-10-7-13(4)20(17-10)16(21-14(5)8-11(2)18-21)22-15(6)9-12(3)19-22/h7-9,16H,1-6H3/q-1. The van der Waals surface area contributed by atoms with Crippen molar-refractivity contribution in [3.05, 3.63) is 52.4 Å². The normalized spacial score (nSPS) is 11.6. The Hall–Kier alpha value is -2.31. The van der Waals surface area contributed by atoms with Gasteiger partial charge in [-0.15, -0.1) is 0 Å². The molecule has 3 aromatic rings. The molecule has 7 heteroatoms. The van der Waals surface area contributed by atoms with Crippen molar-refractivity contribution in [2.24, 2.45) is 0 Å². The highest BCUT2D eigenvalue weighted by molar-refractivity contribution is 6.53. The Morgan fingerprint density at radius 3 is 1.05 bits per heavy atom. The van der Waals surface area contributed by atoms with E-state index in [2.05, 4.69) is 52.7 Å². The van der Waals surface area contributed by atoms with Crippen LogP contribution in [-0.2, 0) is 0 Å². The molecule has 0 fully saturated rings. The molecule has 3 rings (SSSR count). The summed E-state index contributed by atoms with van der Waals surface area (Å²) >= 11 is 0. The van der Waals surface area contributed by atoms with Crippen LogP contribution in [0.15, 0.2) is 18.2 Å². The fourth-order valence-corrected chi connectivity index (χ4v) is 3.26. The second-order valence-corrected chi connectivity index (χ2v) is 6.20. The fraction of sp³-hybridized carbons (Fsp3) is 0.400. The molecule has 0 bridgehead atoms. The molecule has 0 aliphatic rings. The first-order chi connectivity index (χ1) is 10.4. The second-order valence-electron chi connectivity index (χ2n) is 6.20. The molecule has 3 aromatic heterocycles. The molecule has 0 radical (unpaired) electrons. The predicted octanol–water partition coefficient (Wildman–Crippen LogP) is 1.79. The highest BCUT2D eigenvalue weighted by atomic mass is 15.5. The van der Waals surface area contributed by atoms with Crippen molar-refractivity contribution in [1.82, 2.24) is 29.1 Å². The van der Waals surface area contributed by atoms with Crippen molar-refractivity contribution in [1.29, 1.82) is 0 Å². The summed E-state index contributed by atoms with van der Waals surface area (Å²) in [6.45, 7) is 12.3. The number of hydrogen-bond donors (Lipinski definition) is 0. The highest BCUT2D eigenvalue weighted by Gasteiger charge is 2.19. The Labute approximate surface area is 130 Å². The van der Waals surface area contributed by atoms with Crippen LogP contribution >= 0.6 is 0 Å². The van der Waals surface area contributed by atoms with Gasteiger partial charge in [0.15, 0.2) is 0 Å². The van der Waals surface area contributed by atoms with Crippen molar-refractivity contribution >= 4 is 7.12 Å². The Kier molecular flexibility index (Phi) is 3.43. The van der Waals surface area contributed by atoms with Gasteiger partial charge in [0.25, 0.3) is 0 Å². The molecule has 0 saturated carbocycles. The minimum atomic E-state index is -1.26. The van der Waals surface area contributed by atoms with Crippen LogP contribution in [0.4, 0.5) is 0 Å². The quantitative estimate of drug-likeness (QED) is 0.693. The minimum absolute atomic E-state index is 1.01. The largest absolute Gasteiger partial charge is 0.400 e. The van der Waals surface area contributed by atoms with Crippen LogP contribution in [0.3, 0.4) is 0 Å². The molecule has 0 amide bonds. The molecule has 6 nitrogen and oxygen atoms in total. The van der Waals surface area contributed by atoms with Gasteiger partial charge in [0.1, 0.15) is 0 Å². The van der Waals surface area contributed by atoms with Crippen molar-refractivity contribution in [3.8, 4) is 0 Å². The minimum Gasteiger partial charge on any atom is -0.400 e. The summed E-state index contributed by atoms with van der Waals surface area (Å²) in [7, 11) is -1.26. The average molecular weight is 297 g/mol. The predicted molar refractivity (Wildman–Crippen MR) is 88.4 cm³/mol. The van der Waals surface area contributed by atoms with Crippen LogP contribution in [-0.4, -0.2) is 36.2 Å². The second kappa shape index (κ2) is 5.16. The van der Waals surface area contributed by atoms with E-state index >= 15 is 0 Å². The number of aromatic nitrogens is 6. The van der Waals surface area contributed by atoms with Gasteiger partial charge in [-0.25, -0.2) is 15.3 Å². The van der Waals surface area contributed by atoms with Gasteiger partial charge in [-0.3, -0.25) is 0 Å². The molecule has 116 valence electrons. The van der Waals surface area contributed by atoms with Gasteiger partial charge >= 0.3 is 7.12 Å². The Morgan fingerprint density at radius 2 is 0.864 bits per heavy atom. The summed E-state index contributed by atoms with van der Waals surface area (Å²) in [6.07, 6.45) is 0. The van der Waals surface area contributed by atoms with E-state index in [1.54, 1.807) is 0 Å². The first kappa shape index (κ1) is 14.6. The van der Waals surface area contributed by atoms with E-state index < -0.39 is 7.12 Å². The SMILES string of the molecule is Cc1cc(C)n([BH-](n2nc(C)cc2C)n2nc(C)cc2C)n1. The maximum absolute atomic E-state index is 4.70. The van der Waals surface area contributed by atoms with E-state index in [1.165, 1.54) is 0 Å². The molecule has 0 unspecified atom stereocenters. The lowest BCUT2D eigenvalue weighted by Gasteiger charge is -2.30. The Bertz CT molecular complexity index is 715. The number of rotatable bonds is 3. The van der Waals surface area contributed by atoms with Gasteiger partial charge in [0.05, 0.1) is 17.1 Å². The van der Waals surface area contributed by atoms with E-state index in [9.17, 15) is 0 Å². The molecule has 0 aliphatic carbocycles. The van der Waals surface area contributed by atoms with Crippen molar-refractivity contribution in [2.45, 2.75) is 41.5 Å². The average Bonchev–Trinajstić information content (AvgIpc) is 3.02. The van der Waals surface area contributed by atoms with Crippen LogP contribution < -0.4 is 0 Å². The lowest BCUT2D eigenvalue weighted by molar-refractivity contribution is 0.730. The van der Waals surface area contributed by atoms with Gasteiger partial charge in [-0.2, -0.15) is 0 Å². The van der Waals surface area contributed by atoms with E-state index in [4.69, 9.17) is 15.3 Å². The molecule has 3 heterocycles. The molecule has 22 heavy (non-hydrogen) atoms. The third-order valence-corrected chi connectivity index (χ3v) is 4.11. The van der Waals surface area contributed by atoms with Gasteiger partial charge < -0.3 is 13.8 Å². The van der Waals surface area contributed by atoms with Crippen LogP contribution in [0.25, 0.3) is 0 Å². The first-order valence-corrected chi connectivity index (χ1v) is 7.62. The smallest absolute Gasteiger partial charge is 0.326 e. The topological polar surface area (TPSA) is 53.5 Å². The molecule has 0 atom stereocenters. The maximum atomic E-state index is 4.70. The summed E-state index contributed by atoms with van der Waals surface area (Å²) in [5.74, 6) is 0. The number of nitrogens with zero attached hydrogens (tertiary/aromatic N) is 6. The number of hydrogen-bond acceptors (Lipinski definition) is 3. The Balaban J connectivity index is 2.25. The molecular weight excluding hydrogens is 275 g/mol. The van der Waals surface area contributed by atoms with Crippen LogP contribution in [0.5, 0.6) is 0 Å². The lowest BCUT2D eigenvalue weighted by Crippen LogP contribution is -2.45. The summed E-state index contributed by atoms with van der Waals surface area (Å²) < 4.78 is 6.19. The van der Waals surface area contributed by atoms with Crippen LogP contribution in [0.2, 0.25) is 0 Å². The van der Waals surface area contributed by atoms with E-state index in [1.807, 2.05) is 20.8 Å². The van der Waals surface area contributed by atoms with Crippen LogP contribution in [0, 0.1) is 41.5 Å². The van der Waals surface area contributed by atoms with Crippen LogP contribution in [0.1, 0.15) is 34.2 Å². The molecule has 0 spiro atoms. The maximum Gasteiger partial charge on any atom is 0.326 e. The highest BCUT2D eigenvalue weighted by Crippen LogP contribution is 2.12. The number of aryl methyl sites for hydroxylation is 6. The summed E-state index contributed by atoms with van der Waals surface area (Å²) in [5.41, 5.74) is 6.40. The summed E-state index contributed by atoms with van der Waals surface area (Å²) in [5, 5.41) is 14.1. The van der Waals surface area contributed by atoms with E-state index in [0.717, 1.165) is 34.2 Å². The van der Waals surface area contributed by atoms with Crippen molar-refractivity contribution in [3.63, 3.8) is 0 Å². The van der Waals surface area contributed by atoms with Crippen molar-refractivity contribution in [2.75, 3.05) is 0 Å². The summed E-state index contributed by atoms with van der Waals surface area (Å²) in [6, 6.07) is 6.28. The zero-order chi connectivity index (χ0) is 16.0. The third kappa shape index (κ3) is 2.36. The zero-order valence-corrected chi connectivity index (χ0v) is 14.1. The van der Waals surface area contributed by atoms with Gasteiger partial charge in [-0.1, -0.05) is 0 Å². The van der Waals surface area contributed by atoms with E-state index in [-0.39, 0.29) is 0 Å².